The Labute approximate surface area is 149 Å². The molecule has 8 nitrogen and oxygen atoms in total. The number of nitro benzene ring substituents is 1. The quantitative estimate of drug-likeness (QED) is 0.343. The first-order valence-corrected chi connectivity index (χ1v) is 7.62. The summed E-state index contributed by atoms with van der Waals surface area (Å²) in [5, 5.41) is 16.9. The smallest absolute Gasteiger partial charge is 0.278 e. The predicted octanol–water partition coefficient (Wildman–Crippen LogP) is 1.87. The molecule has 2 aromatic rings. The van der Waals surface area contributed by atoms with Gasteiger partial charge in [-0.2, -0.15) is 5.10 Å². The van der Waals surface area contributed by atoms with E-state index in [-0.39, 0.29) is 17.8 Å². The first-order valence-electron chi connectivity index (χ1n) is 7.62. The predicted molar refractivity (Wildman–Crippen MR) is 97.3 cm³/mol. The van der Waals surface area contributed by atoms with Gasteiger partial charge in [0, 0.05) is 12.1 Å². The third kappa shape index (κ3) is 6.00. The van der Waals surface area contributed by atoms with Crippen molar-refractivity contribution in [1.29, 1.82) is 0 Å². The third-order valence-corrected chi connectivity index (χ3v) is 3.18. The molecule has 2 rings (SSSR count). The van der Waals surface area contributed by atoms with Gasteiger partial charge in [0.1, 0.15) is 0 Å². The number of nitrogens with zero attached hydrogens (tertiary/aromatic N) is 2. The maximum Gasteiger partial charge on any atom is 0.278 e. The number of hydrogen-bond donors (Lipinski definition) is 2. The van der Waals surface area contributed by atoms with Gasteiger partial charge in [-0.05, 0) is 17.7 Å². The summed E-state index contributed by atoms with van der Waals surface area (Å²) in [6.07, 6.45) is 4.12. The van der Waals surface area contributed by atoms with Gasteiger partial charge in [-0.1, -0.05) is 42.5 Å². The molecule has 0 heterocycles. The third-order valence-electron chi connectivity index (χ3n) is 3.18. The van der Waals surface area contributed by atoms with Gasteiger partial charge < -0.3 is 5.32 Å². The van der Waals surface area contributed by atoms with Gasteiger partial charge >= 0.3 is 0 Å². The van der Waals surface area contributed by atoms with E-state index in [1.807, 2.05) is 30.3 Å². The minimum atomic E-state index is -0.554. The van der Waals surface area contributed by atoms with Crippen molar-refractivity contribution >= 4 is 29.8 Å². The summed E-state index contributed by atoms with van der Waals surface area (Å²) >= 11 is 0. The Morgan fingerprint density at radius 3 is 2.50 bits per heavy atom. The van der Waals surface area contributed by atoms with Crippen LogP contribution in [0.4, 0.5) is 5.69 Å². The highest BCUT2D eigenvalue weighted by Crippen LogP contribution is 2.14. The number of carbonyl (C=O) groups excluding carboxylic acids is 2. The van der Waals surface area contributed by atoms with Crippen LogP contribution < -0.4 is 10.7 Å². The van der Waals surface area contributed by atoms with E-state index in [0.717, 1.165) is 5.56 Å². The monoisotopic (exact) mass is 352 g/mol. The molecule has 0 saturated heterocycles. The van der Waals surface area contributed by atoms with Gasteiger partial charge in [-0.25, -0.2) is 5.43 Å². The van der Waals surface area contributed by atoms with E-state index < -0.39 is 16.7 Å². The minimum Gasteiger partial charge on any atom is -0.343 e. The molecule has 0 radical (unpaired) electrons. The van der Waals surface area contributed by atoms with Crippen LogP contribution in [-0.4, -0.2) is 29.5 Å². The highest BCUT2D eigenvalue weighted by molar-refractivity contribution is 5.94. The minimum absolute atomic E-state index is 0.121. The molecule has 0 unspecified atom stereocenters. The van der Waals surface area contributed by atoms with E-state index in [2.05, 4.69) is 15.8 Å². The van der Waals surface area contributed by atoms with Crippen LogP contribution in [0.3, 0.4) is 0 Å². The second kappa shape index (κ2) is 9.48. The maximum absolute atomic E-state index is 11.6. The van der Waals surface area contributed by atoms with Crippen molar-refractivity contribution in [3.8, 4) is 0 Å². The average molecular weight is 352 g/mol. The Hall–Kier alpha value is -3.81. The molecule has 0 aliphatic carbocycles. The summed E-state index contributed by atoms with van der Waals surface area (Å²) in [7, 11) is 0. The van der Waals surface area contributed by atoms with E-state index in [0.29, 0.717) is 0 Å². The second-order valence-electron chi connectivity index (χ2n) is 5.07. The first-order chi connectivity index (χ1) is 12.6. The number of nitro groups is 1. The molecule has 0 aliphatic rings. The first kappa shape index (κ1) is 18.5. The number of rotatable bonds is 7. The zero-order chi connectivity index (χ0) is 18.8. The van der Waals surface area contributed by atoms with Crippen molar-refractivity contribution in [3.05, 3.63) is 81.9 Å². The highest BCUT2D eigenvalue weighted by atomic mass is 16.6. The molecule has 0 fully saturated rings. The Balaban J connectivity index is 1.79. The van der Waals surface area contributed by atoms with Crippen molar-refractivity contribution in [2.45, 2.75) is 0 Å². The number of carbonyl (C=O) groups is 2. The van der Waals surface area contributed by atoms with Gasteiger partial charge in [-0.3, -0.25) is 19.7 Å². The van der Waals surface area contributed by atoms with E-state index >= 15 is 0 Å². The van der Waals surface area contributed by atoms with Crippen LogP contribution in [0.5, 0.6) is 0 Å². The lowest BCUT2D eigenvalue weighted by Gasteiger charge is -2.01. The zero-order valence-electron chi connectivity index (χ0n) is 13.7. The lowest BCUT2D eigenvalue weighted by atomic mass is 10.2. The lowest BCUT2D eigenvalue weighted by Crippen LogP contribution is -2.34. The molecule has 132 valence electrons. The molecule has 0 aliphatic heterocycles. The summed E-state index contributed by atoms with van der Waals surface area (Å²) in [6, 6.07) is 15.2. The largest absolute Gasteiger partial charge is 0.343 e. The fourth-order valence-corrected chi connectivity index (χ4v) is 1.94. The fraction of sp³-hybridized carbons (Fsp3) is 0.0556. The van der Waals surface area contributed by atoms with Crippen molar-refractivity contribution in [1.82, 2.24) is 10.7 Å². The summed E-state index contributed by atoms with van der Waals surface area (Å²) in [6.45, 7) is -0.272. The standard InChI is InChI=1S/C18H16N4O4/c23-17(11-10-14-6-2-1-3-7-14)19-13-18(24)21-20-12-15-8-4-5-9-16(15)22(25)26/h1-12H,13H2,(H,19,23)(H,21,24). The Morgan fingerprint density at radius 1 is 1.08 bits per heavy atom. The molecule has 2 amide bonds. The number of amides is 2. The fourth-order valence-electron chi connectivity index (χ4n) is 1.94. The highest BCUT2D eigenvalue weighted by Gasteiger charge is 2.10. The van der Waals surface area contributed by atoms with Gasteiger partial charge in [0.15, 0.2) is 0 Å². The Kier molecular flexibility index (Phi) is 6.75. The van der Waals surface area contributed by atoms with Crippen LogP contribution in [0.1, 0.15) is 11.1 Å². The van der Waals surface area contributed by atoms with Crippen LogP contribution >= 0.6 is 0 Å². The molecular weight excluding hydrogens is 336 g/mol. The number of benzene rings is 2. The molecule has 0 bridgehead atoms. The van der Waals surface area contributed by atoms with Gasteiger partial charge in [0.2, 0.25) is 5.91 Å². The molecule has 0 aromatic heterocycles. The lowest BCUT2D eigenvalue weighted by molar-refractivity contribution is -0.385. The Morgan fingerprint density at radius 2 is 1.77 bits per heavy atom. The van der Waals surface area contributed by atoms with E-state index in [4.69, 9.17) is 0 Å². The average Bonchev–Trinajstić information content (AvgIpc) is 2.66. The summed E-state index contributed by atoms with van der Waals surface area (Å²) in [5.41, 5.74) is 3.19. The summed E-state index contributed by atoms with van der Waals surface area (Å²) in [5.74, 6) is -0.979. The molecular formula is C18H16N4O4. The summed E-state index contributed by atoms with van der Waals surface area (Å²) in [4.78, 5) is 33.6. The van der Waals surface area contributed by atoms with Gasteiger partial charge in [0.05, 0.1) is 23.2 Å². The number of hydrogen-bond acceptors (Lipinski definition) is 5. The number of para-hydroxylation sites is 1. The number of nitrogens with one attached hydrogen (secondary N) is 2. The van der Waals surface area contributed by atoms with E-state index in [9.17, 15) is 19.7 Å². The van der Waals surface area contributed by atoms with Crippen LogP contribution in [0.2, 0.25) is 0 Å². The second-order valence-corrected chi connectivity index (χ2v) is 5.07. The zero-order valence-corrected chi connectivity index (χ0v) is 13.7. The van der Waals surface area contributed by atoms with Crippen LogP contribution in [0.25, 0.3) is 6.08 Å². The summed E-state index contributed by atoms with van der Waals surface area (Å²) < 4.78 is 0. The topological polar surface area (TPSA) is 114 Å². The maximum atomic E-state index is 11.6. The van der Waals surface area contributed by atoms with Crippen molar-refractivity contribution < 1.29 is 14.5 Å². The molecule has 0 atom stereocenters. The normalized spacial score (nSPS) is 10.8. The molecule has 0 saturated carbocycles. The van der Waals surface area contributed by atoms with Crippen molar-refractivity contribution in [2.24, 2.45) is 5.10 Å². The van der Waals surface area contributed by atoms with Crippen molar-refractivity contribution in [3.63, 3.8) is 0 Å². The molecule has 8 heteroatoms. The van der Waals surface area contributed by atoms with Gasteiger partial charge in [-0.15, -0.1) is 0 Å². The van der Waals surface area contributed by atoms with Crippen LogP contribution in [0, 0.1) is 10.1 Å². The van der Waals surface area contributed by atoms with Crippen LogP contribution in [0.15, 0.2) is 65.8 Å². The molecule has 26 heavy (non-hydrogen) atoms. The molecule has 0 spiro atoms. The van der Waals surface area contributed by atoms with E-state index in [1.165, 1.54) is 30.5 Å². The van der Waals surface area contributed by atoms with Crippen molar-refractivity contribution in [2.75, 3.05) is 6.54 Å². The van der Waals surface area contributed by atoms with E-state index in [1.54, 1.807) is 12.1 Å². The van der Waals surface area contributed by atoms with Gasteiger partial charge in [0.25, 0.3) is 11.6 Å². The van der Waals surface area contributed by atoms with Crippen LogP contribution in [-0.2, 0) is 9.59 Å². The molecule has 2 aromatic carbocycles. The number of hydrazone groups is 1. The SMILES string of the molecule is O=C(C=Cc1ccccc1)NCC(=O)NN=Cc1ccccc1[N+](=O)[O-]. The molecule has 2 N–H and O–H groups in total. The Bertz CT molecular complexity index is 847.